The monoisotopic (exact) mass is 156 g/mol. The summed E-state index contributed by atoms with van der Waals surface area (Å²) in [5.74, 6) is 1.23. The van der Waals surface area contributed by atoms with Crippen molar-refractivity contribution in [3.63, 3.8) is 0 Å². The predicted molar refractivity (Wildman–Crippen MR) is 43.4 cm³/mol. The van der Waals surface area contributed by atoms with Gasteiger partial charge in [-0.3, -0.25) is 0 Å². The van der Waals surface area contributed by atoms with E-state index in [1.807, 2.05) is 0 Å². The van der Waals surface area contributed by atoms with Gasteiger partial charge >= 0.3 is 0 Å². The number of rotatable bonds is 4. The maximum atomic E-state index is 10.5. The lowest BCUT2D eigenvalue weighted by Gasteiger charge is -2.38. The first-order valence-corrected chi connectivity index (χ1v) is 4.31. The molecule has 1 aliphatic carbocycles. The average Bonchev–Trinajstić information content (AvgIpc) is 1.98. The zero-order valence-electron chi connectivity index (χ0n) is 7.25. The number of hydrogen-bond acceptors (Lipinski definition) is 2. The Morgan fingerprint density at radius 2 is 2.36 bits per heavy atom. The standard InChI is InChI=1S/C9H16O2/c1-3-7-4-5-8(7)9(6-10)11-2/h6-9H,3-5H2,1-2H3/t7-,8-,9+/m1/s1. The lowest BCUT2D eigenvalue weighted by molar-refractivity contribution is -0.124. The minimum atomic E-state index is -0.145. The summed E-state index contributed by atoms with van der Waals surface area (Å²) < 4.78 is 5.07. The van der Waals surface area contributed by atoms with Gasteiger partial charge in [0.2, 0.25) is 0 Å². The maximum Gasteiger partial charge on any atom is 0.149 e. The zero-order valence-corrected chi connectivity index (χ0v) is 7.25. The van der Waals surface area contributed by atoms with Crippen LogP contribution >= 0.6 is 0 Å². The Morgan fingerprint density at radius 1 is 1.64 bits per heavy atom. The Morgan fingerprint density at radius 3 is 2.64 bits per heavy atom. The fourth-order valence-corrected chi connectivity index (χ4v) is 1.87. The Kier molecular flexibility index (Phi) is 3.06. The summed E-state index contributed by atoms with van der Waals surface area (Å²) in [6.45, 7) is 2.17. The lowest BCUT2D eigenvalue weighted by Crippen LogP contribution is -2.37. The summed E-state index contributed by atoms with van der Waals surface area (Å²) >= 11 is 0. The van der Waals surface area contributed by atoms with Gasteiger partial charge in [-0.15, -0.1) is 0 Å². The van der Waals surface area contributed by atoms with Gasteiger partial charge in [-0.1, -0.05) is 13.3 Å². The molecule has 1 aliphatic rings. The molecule has 2 heteroatoms. The van der Waals surface area contributed by atoms with Crippen LogP contribution in [0.1, 0.15) is 26.2 Å². The molecule has 0 aromatic heterocycles. The number of methoxy groups -OCH3 is 1. The second-order valence-electron chi connectivity index (χ2n) is 3.25. The van der Waals surface area contributed by atoms with E-state index in [0.717, 1.165) is 18.6 Å². The van der Waals surface area contributed by atoms with Crippen LogP contribution < -0.4 is 0 Å². The summed E-state index contributed by atoms with van der Waals surface area (Å²) in [4.78, 5) is 10.5. The van der Waals surface area contributed by atoms with E-state index in [-0.39, 0.29) is 6.10 Å². The second-order valence-corrected chi connectivity index (χ2v) is 3.25. The third-order valence-corrected chi connectivity index (χ3v) is 2.83. The van der Waals surface area contributed by atoms with E-state index in [9.17, 15) is 4.79 Å². The van der Waals surface area contributed by atoms with Crippen LogP contribution in [0.3, 0.4) is 0 Å². The third-order valence-electron chi connectivity index (χ3n) is 2.83. The van der Waals surface area contributed by atoms with E-state index >= 15 is 0 Å². The molecule has 0 heterocycles. The van der Waals surface area contributed by atoms with E-state index < -0.39 is 0 Å². The molecule has 0 unspecified atom stereocenters. The van der Waals surface area contributed by atoms with Gasteiger partial charge in [0.1, 0.15) is 12.4 Å². The second kappa shape index (κ2) is 3.86. The molecular formula is C9H16O2. The predicted octanol–water partition coefficient (Wildman–Crippen LogP) is 1.64. The van der Waals surface area contributed by atoms with Gasteiger partial charge in [-0.2, -0.15) is 0 Å². The molecule has 0 amide bonds. The van der Waals surface area contributed by atoms with Crippen LogP contribution in [0.15, 0.2) is 0 Å². The summed E-state index contributed by atoms with van der Waals surface area (Å²) in [5, 5.41) is 0. The van der Waals surface area contributed by atoms with E-state index in [1.54, 1.807) is 7.11 Å². The van der Waals surface area contributed by atoms with Crippen LogP contribution in [-0.2, 0) is 9.53 Å². The molecule has 0 aromatic carbocycles. The minimum Gasteiger partial charge on any atom is -0.374 e. The zero-order chi connectivity index (χ0) is 8.27. The quantitative estimate of drug-likeness (QED) is 0.578. The SMILES string of the molecule is CC[C@@H]1CC[C@H]1[C@H](C=O)OC. The number of aldehydes is 1. The van der Waals surface area contributed by atoms with Gasteiger partial charge in [0, 0.05) is 7.11 Å². The number of carbonyl (C=O) groups excluding carboxylic acids is 1. The molecule has 3 atom stereocenters. The van der Waals surface area contributed by atoms with Crippen molar-refractivity contribution in [1.82, 2.24) is 0 Å². The van der Waals surface area contributed by atoms with Crippen molar-refractivity contribution >= 4 is 6.29 Å². The van der Waals surface area contributed by atoms with Crippen LogP contribution in [0.25, 0.3) is 0 Å². The maximum absolute atomic E-state index is 10.5. The minimum absolute atomic E-state index is 0.145. The highest BCUT2D eigenvalue weighted by atomic mass is 16.5. The van der Waals surface area contributed by atoms with Crippen molar-refractivity contribution < 1.29 is 9.53 Å². The molecule has 0 bridgehead atoms. The summed E-state index contributed by atoms with van der Waals surface area (Å²) in [5.41, 5.74) is 0. The molecule has 0 radical (unpaired) electrons. The molecule has 1 fully saturated rings. The van der Waals surface area contributed by atoms with Crippen molar-refractivity contribution in [2.75, 3.05) is 7.11 Å². The first-order chi connectivity index (χ1) is 5.33. The fraction of sp³-hybridized carbons (Fsp3) is 0.889. The smallest absolute Gasteiger partial charge is 0.149 e. The van der Waals surface area contributed by atoms with Crippen molar-refractivity contribution in [3.05, 3.63) is 0 Å². The van der Waals surface area contributed by atoms with E-state index in [0.29, 0.717) is 5.92 Å². The van der Waals surface area contributed by atoms with Crippen LogP contribution in [0.4, 0.5) is 0 Å². The first-order valence-electron chi connectivity index (χ1n) is 4.31. The van der Waals surface area contributed by atoms with Crippen molar-refractivity contribution in [2.24, 2.45) is 11.8 Å². The number of carbonyl (C=O) groups is 1. The van der Waals surface area contributed by atoms with Crippen molar-refractivity contribution in [2.45, 2.75) is 32.3 Å². The van der Waals surface area contributed by atoms with Gasteiger partial charge in [0.25, 0.3) is 0 Å². The molecule has 11 heavy (non-hydrogen) atoms. The van der Waals surface area contributed by atoms with Crippen LogP contribution in [0.2, 0.25) is 0 Å². The summed E-state index contributed by atoms with van der Waals surface area (Å²) in [6.07, 6.45) is 4.41. The van der Waals surface area contributed by atoms with Gasteiger partial charge in [-0.05, 0) is 24.7 Å². The molecule has 0 aromatic rings. The lowest BCUT2D eigenvalue weighted by atomic mass is 9.69. The normalized spacial score (nSPS) is 32.5. The van der Waals surface area contributed by atoms with Crippen molar-refractivity contribution in [3.8, 4) is 0 Å². The number of ether oxygens (including phenoxy) is 1. The van der Waals surface area contributed by atoms with Crippen molar-refractivity contribution in [1.29, 1.82) is 0 Å². The molecule has 1 rings (SSSR count). The highest BCUT2D eigenvalue weighted by molar-refractivity contribution is 5.56. The third kappa shape index (κ3) is 1.62. The molecule has 0 saturated heterocycles. The van der Waals surface area contributed by atoms with E-state index in [4.69, 9.17) is 4.74 Å². The molecule has 1 saturated carbocycles. The van der Waals surface area contributed by atoms with Gasteiger partial charge in [-0.25, -0.2) is 0 Å². The van der Waals surface area contributed by atoms with E-state index in [2.05, 4.69) is 6.92 Å². The largest absolute Gasteiger partial charge is 0.374 e. The fourth-order valence-electron chi connectivity index (χ4n) is 1.87. The first kappa shape index (κ1) is 8.72. The molecule has 64 valence electrons. The molecule has 0 spiro atoms. The number of hydrogen-bond donors (Lipinski definition) is 0. The van der Waals surface area contributed by atoms with Crippen LogP contribution in [-0.4, -0.2) is 19.5 Å². The van der Waals surface area contributed by atoms with Gasteiger partial charge in [0.05, 0.1) is 0 Å². The Bertz CT molecular complexity index is 132. The Labute approximate surface area is 67.9 Å². The molecular weight excluding hydrogens is 140 g/mol. The van der Waals surface area contributed by atoms with E-state index in [1.165, 1.54) is 12.8 Å². The van der Waals surface area contributed by atoms with Crippen LogP contribution in [0.5, 0.6) is 0 Å². The highest BCUT2D eigenvalue weighted by Gasteiger charge is 2.35. The average molecular weight is 156 g/mol. The molecule has 0 aliphatic heterocycles. The summed E-state index contributed by atoms with van der Waals surface area (Å²) in [6, 6.07) is 0. The highest BCUT2D eigenvalue weighted by Crippen LogP contribution is 2.39. The Balaban J connectivity index is 2.39. The summed E-state index contributed by atoms with van der Waals surface area (Å²) in [7, 11) is 1.62. The van der Waals surface area contributed by atoms with Gasteiger partial charge in [0.15, 0.2) is 0 Å². The topological polar surface area (TPSA) is 26.3 Å². The molecule has 0 N–H and O–H groups in total. The molecule has 2 nitrogen and oxygen atoms in total. The van der Waals surface area contributed by atoms with Crippen LogP contribution in [0, 0.1) is 11.8 Å². The Hall–Kier alpha value is -0.370. The van der Waals surface area contributed by atoms with Gasteiger partial charge < -0.3 is 9.53 Å².